The Bertz CT molecular complexity index is 647. The van der Waals surface area contributed by atoms with E-state index < -0.39 is 0 Å². The zero-order valence-corrected chi connectivity index (χ0v) is 12.8. The fourth-order valence-corrected chi connectivity index (χ4v) is 2.25. The number of halogens is 2. The minimum Gasteiger partial charge on any atom is -0.493 e. The van der Waals surface area contributed by atoms with E-state index in [1.165, 1.54) is 7.11 Å². The number of methoxy groups -OCH3 is 1. The summed E-state index contributed by atoms with van der Waals surface area (Å²) in [6.45, 7) is 0.328. The van der Waals surface area contributed by atoms with Crippen molar-refractivity contribution in [3.05, 3.63) is 58.1 Å². The minimum atomic E-state index is -0.365. The van der Waals surface area contributed by atoms with E-state index in [4.69, 9.17) is 27.9 Å². The van der Waals surface area contributed by atoms with E-state index >= 15 is 0 Å². The van der Waals surface area contributed by atoms with Crippen LogP contribution in [0.4, 0.5) is 10.5 Å². The summed E-state index contributed by atoms with van der Waals surface area (Å²) in [4.78, 5) is 11.9. The van der Waals surface area contributed by atoms with Gasteiger partial charge in [0.1, 0.15) is 0 Å². The van der Waals surface area contributed by atoms with Crippen molar-refractivity contribution >= 4 is 34.9 Å². The van der Waals surface area contributed by atoms with Crippen LogP contribution in [0.1, 0.15) is 5.56 Å². The third-order valence-electron chi connectivity index (χ3n) is 2.82. The van der Waals surface area contributed by atoms with Crippen molar-refractivity contribution in [3.63, 3.8) is 0 Å². The number of nitrogens with one attached hydrogen (secondary N) is 2. The zero-order valence-electron chi connectivity index (χ0n) is 11.3. The normalized spacial score (nSPS) is 10.0. The van der Waals surface area contributed by atoms with Gasteiger partial charge in [0.25, 0.3) is 0 Å². The molecule has 0 aliphatic carbocycles. The average Bonchev–Trinajstić information content (AvgIpc) is 2.47. The maximum Gasteiger partial charge on any atom is 0.319 e. The van der Waals surface area contributed by atoms with Crippen LogP contribution < -0.4 is 15.4 Å². The van der Waals surface area contributed by atoms with Crippen LogP contribution in [0.25, 0.3) is 0 Å². The molecule has 0 aromatic heterocycles. The summed E-state index contributed by atoms with van der Waals surface area (Å²) in [5.41, 5.74) is 1.34. The number of para-hydroxylation sites is 1. The third kappa shape index (κ3) is 4.03. The number of ether oxygens (including phenoxy) is 1. The Morgan fingerprint density at radius 2 is 1.81 bits per heavy atom. The Kier molecular flexibility index (Phi) is 5.31. The van der Waals surface area contributed by atoms with Crippen LogP contribution in [0.2, 0.25) is 10.0 Å². The summed E-state index contributed by atoms with van der Waals surface area (Å²) < 4.78 is 5.16. The molecular formula is C15H14Cl2N2O2. The highest BCUT2D eigenvalue weighted by Gasteiger charge is 2.10. The van der Waals surface area contributed by atoms with Gasteiger partial charge in [0.15, 0.2) is 5.75 Å². The van der Waals surface area contributed by atoms with Gasteiger partial charge in [-0.05, 0) is 23.8 Å². The molecule has 2 N–H and O–H groups in total. The van der Waals surface area contributed by atoms with Crippen LogP contribution in [-0.4, -0.2) is 13.1 Å². The molecule has 0 radical (unpaired) electrons. The van der Waals surface area contributed by atoms with E-state index in [0.717, 1.165) is 5.56 Å². The first kappa shape index (κ1) is 15.5. The number of anilines is 1. The number of benzene rings is 2. The molecule has 0 spiro atoms. The quantitative estimate of drug-likeness (QED) is 0.879. The summed E-state index contributed by atoms with van der Waals surface area (Å²) in [7, 11) is 1.49. The lowest BCUT2D eigenvalue weighted by Gasteiger charge is -2.12. The van der Waals surface area contributed by atoms with Crippen molar-refractivity contribution in [1.82, 2.24) is 5.32 Å². The van der Waals surface area contributed by atoms with Crippen molar-refractivity contribution in [2.45, 2.75) is 6.54 Å². The Balaban J connectivity index is 2.00. The number of hydrogen-bond acceptors (Lipinski definition) is 2. The molecule has 110 valence electrons. The number of hydrogen-bond donors (Lipinski definition) is 2. The molecule has 6 heteroatoms. The van der Waals surface area contributed by atoms with Gasteiger partial charge in [-0.3, -0.25) is 0 Å². The Labute approximate surface area is 133 Å². The van der Waals surface area contributed by atoms with Gasteiger partial charge in [0.05, 0.1) is 17.8 Å². The van der Waals surface area contributed by atoms with Crippen LogP contribution in [0, 0.1) is 0 Å². The maximum atomic E-state index is 11.9. The fourth-order valence-electron chi connectivity index (χ4n) is 1.80. The third-order valence-corrected chi connectivity index (χ3v) is 3.48. The standard InChI is InChI=1S/C15H14Cl2N2O2/c1-21-14-12(17)7-4-8-13(14)19-15(20)18-9-10-5-2-3-6-11(10)16/h2-8H,9H2,1H3,(H2,18,19,20). The molecule has 0 aliphatic heterocycles. The summed E-state index contributed by atoms with van der Waals surface area (Å²) in [6.07, 6.45) is 0. The molecule has 0 saturated carbocycles. The Morgan fingerprint density at radius 3 is 2.52 bits per heavy atom. The van der Waals surface area contributed by atoms with Crippen LogP contribution in [0.3, 0.4) is 0 Å². The van der Waals surface area contributed by atoms with Crippen molar-refractivity contribution in [2.24, 2.45) is 0 Å². The molecule has 0 fully saturated rings. The Hall–Kier alpha value is -1.91. The van der Waals surface area contributed by atoms with Gasteiger partial charge in [-0.15, -0.1) is 0 Å². The largest absolute Gasteiger partial charge is 0.493 e. The maximum absolute atomic E-state index is 11.9. The van der Waals surface area contributed by atoms with Crippen molar-refractivity contribution < 1.29 is 9.53 Å². The van der Waals surface area contributed by atoms with Gasteiger partial charge in [-0.1, -0.05) is 47.5 Å². The molecule has 0 heterocycles. The molecule has 2 rings (SSSR count). The lowest BCUT2D eigenvalue weighted by atomic mass is 10.2. The molecule has 0 unspecified atom stereocenters. The van der Waals surface area contributed by atoms with E-state index in [-0.39, 0.29) is 6.03 Å². The zero-order chi connectivity index (χ0) is 15.2. The first-order valence-corrected chi connectivity index (χ1v) is 6.98. The number of carbonyl (C=O) groups excluding carboxylic acids is 1. The van der Waals surface area contributed by atoms with E-state index in [1.54, 1.807) is 24.3 Å². The predicted molar refractivity (Wildman–Crippen MR) is 85.3 cm³/mol. The predicted octanol–water partition coefficient (Wildman–Crippen LogP) is 4.32. The van der Waals surface area contributed by atoms with E-state index in [9.17, 15) is 4.79 Å². The van der Waals surface area contributed by atoms with E-state index in [1.807, 2.05) is 18.2 Å². The first-order chi connectivity index (χ1) is 10.1. The molecule has 0 bridgehead atoms. The first-order valence-electron chi connectivity index (χ1n) is 6.22. The molecule has 0 saturated heterocycles. The van der Waals surface area contributed by atoms with Gasteiger partial charge in [0.2, 0.25) is 0 Å². The summed E-state index contributed by atoms with van der Waals surface area (Å²) in [5.74, 6) is 0.423. The van der Waals surface area contributed by atoms with Crippen molar-refractivity contribution in [1.29, 1.82) is 0 Å². The highest BCUT2D eigenvalue weighted by atomic mass is 35.5. The van der Waals surface area contributed by atoms with Gasteiger partial charge in [0, 0.05) is 11.6 Å². The molecule has 2 aromatic rings. The number of carbonyl (C=O) groups is 1. The molecule has 4 nitrogen and oxygen atoms in total. The minimum absolute atomic E-state index is 0.328. The van der Waals surface area contributed by atoms with Gasteiger partial charge in [-0.2, -0.15) is 0 Å². The van der Waals surface area contributed by atoms with Crippen LogP contribution in [0.15, 0.2) is 42.5 Å². The summed E-state index contributed by atoms with van der Waals surface area (Å²) in [5, 5.41) is 6.46. The fraction of sp³-hybridized carbons (Fsp3) is 0.133. The molecular weight excluding hydrogens is 311 g/mol. The van der Waals surface area contributed by atoms with E-state index in [2.05, 4.69) is 10.6 Å². The SMILES string of the molecule is COc1c(Cl)cccc1NC(=O)NCc1ccccc1Cl. The average molecular weight is 325 g/mol. The topological polar surface area (TPSA) is 50.4 Å². The van der Waals surface area contributed by atoms with Gasteiger partial charge in [-0.25, -0.2) is 4.79 Å². The van der Waals surface area contributed by atoms with Crippen LogP contribution in [0.5, 0.6) is 5.75 Å². The van der Waals surface area contributed by atoms with Crippen LogP contribution in [-0.2, 0) is 6.54 Å². The highest BCUT2D eigenvalue weighted by Crippen LogP contribution is 2.32. The lowest BCUT2D eigenvalue weighted by molar-refractivity contribution is 0.251. The second-order valence-corrected chi connectivity index (χ2v) is 5.03. The van der Waals surface area contributed by atoms with Gasteiger partial charge < -0.3 is 15.4 Å². The molecule has 2 aromatic carbocycles. The van der Waals surface area contributed by atoms with Crippen molar-refractivity contribution in [2.75, 3.05) is 12.4 Å². The molecule has 0 aliphatic rings. The highest BCUT2D eigenvalue weighted by molar-refractivity contribution is 6.32. The molecule has 0 atom stereocenters. The second-order valence-electron chi connectivity index (χ2n) is 4.22. The molecule has 21 heavy (non-hydrogen) atoms. The lowest BCUT2D eigenvalue weighted by Crippen LogP contribution is -2.28. The summed E-state index contributed by atoms with van der Waals surface area (Å²) in [6, 6.07) is 12.1. The van der Waals surface area contributed by atoms with Crippen molar-refractivity contribution in [3.8, 4) is 5.75 Å². The monoisotopic (exact) mass is 324 g/mol. The Morgan fingerprint density at radius 1 is 1.10 bits per heavy atom. The van der Waals surface area contributed by atoms with Gasteiger partial charge >= 0.3 is 6.03 Å². The second kappa shape index (κ2) is 7.20. The summed E-state index contributed by atoms with van der Waals surface area (Å²) >= 11 is 12.0. The number of rotatable bonds is 4. The van der Waals surface area contributed by atoms with E-state index in [0.29, 0.717) is 28.0 Å². The number of urea groups is 1. The van der Waals surface area contributed by atoms with Crippen LogP contribution >= 0.6 is 23.2 Å². The number of amides is 2. The smallest absolute Gasteiger partial charge is 0.319 e. The molecule has 2 amide bonds.